The van der Waals surface area contributed by atoms with Gasteiger partial charge in [-0.3, -0.25) is 9.59 Å². The second-order valence-corrected chi connectivity index (χ2v) is 6.76. The molecule has 1 aliphatic rings. The van der Waals surface area contributed by atoms with Gasteiger partial charge in [0, 0.05) is 18.9 Å². The Morgan fingerprint density at radius 3 is 2.59 bits per heavy atom. The maximum absolute atomic E-state index is 13.1. The van der Waals surface area contributed by atoms with Crippen molar-refractivity contribution in [2.45, 2.75) is 19.3 Å². The number of hydrogen-bond donors (Lipinski definition) is 2. The van der Waals surface area contributed by atoms with Gasteiger partial charge in [-0.15, -0.1) is 0 Å². The Morgan fingerprint density at radius 2 is 1.93 bits per heavy atom. The lowest BCUT2D eigenvalue weighted by Gasteiger charge is -2.23. The summed E-state index contributed by atoms with van der Waals surface area (Å²) < 4.78 is 17.8. The largest absolute Gasteiger partial charge is 0.363 e. The highest BCUT2D eigenvalue weighted by molar-refractivity contribution is 5.94. The Balaban J connectivity index is 1.60. The summed E-state index contributed by atoms with van der Waals surface area (Å²) in [6.07, 6.45) is 3.90. The van der Waals surface area contributed by atoms with Crippen molar-refractivity contribution in [1.82, 2.24) is 10.1 Å². The molecule has 1 aromatic heterocycles. The molecular formula is C19H24FN4O3+. The predicted molar refractivity (Wildman–Crippen MR) is 96.6 cm³/mol. The molecule has 7 nitrogen and oxygen atoms in total. The molecule has 144 valence electrons. The SMILES string of the molecule is O=C(CN(CC[NH+]1CCCC1)C(=O)Cc1ccc(F)cc1)Nc1ccon1. The molecule has 1 aliphatic heterocycles. The smallest absolute Gasteiger partial charge is 0.245 e. The number of carbonyl (C=O) groups is 2. The molecule has 0 bridgehead atoms. The van der Waals surface area contributed by atoms with Crippen LogP contribution in [0, 0.1) is 5.82 Å². The van der Waals surface area contributed by atoms with E-state index in [2.05, 4.69) is 10.5 Å². The number of halogens is 1. The van der Waals surface area contributed by atoms with E-state index in [0.717, 1.165) is 25.2 Å². The summed E-state index contributed by atoms with van der Waals surface area (Å²) in [6, 6.07) is 7.38. The number of benzene rings is 1. The molecule has 1 fully saturated rings. The third-order valence-electron chi connectivity index (χ3n) is 4.71. The minimum absolute atomic E-state index is 0.0554. The van der Waals surface area contributed by atoms with Crippen LogP contribution in [0.3, 0.4) is 0 Å². The Morgan fingerprint density at radius 1 is 1.19 bits per heavy atom. The Bertz CT molecular complexity index is 743. The first-order chi connectivity index (χ1) is 13.1. The van der Waals surface area contributed by atoms with Gasteiger partial charge in [-0.25, -0.2) is 4.39 Å². The highest BCUT2D eigenvalue weighted by Gasteiger charge is 2.22. The molecule has 0 radical (unpaired) electrons. The van der Waals surface area contributed by atoms with Crippen LogP contribution in [0.5, 0.6) is 0 Å². The number of likely N-dealkylation sites (tertiary alicyclic amines) is 1. The summed E-state index contributed by atoms with van der Waals surface area (Å²) in [5, 5.41) is 6.26. The van der Waals surface area contributed by atoms with Crippen molar-refractivity contribution in [3.8, 4) is 0 Å². The molecular weight excluding hydrogens is 351 g/mol. The quantitative estimate of drug-likeness (QED) is 0.704. The van der Waals surface area contributed by atoms with E-state index >= 15 is 0 Å². The fourth-order valence-corrected chi connectivity index (χ4v) is 3.23. The molecule has 0 spiro atoms. The summed E-state index contributed by atoms with van der Waals surface area (Å²) in [4.78, 5) is 28.0. The standard InChI is InChI=1S/C19H23FN4O3/c20-16-5-3-15(4-6-16)13-19(26)24(11-10-23-8-1-2-9-23)14-18(25)21-17-7-12-27-22-17/h3-7,12H,1-2,8-11,13-14H2,(H,21,22,25)/p+1. The Kier molecular flexibility index (Phi) is 6.54. The molecule has 1 aromatic carbocycles. The van der Waals surface area contributed by atoms with Gasteiger partial charge in [0.25, 0.3) is 0 Å². The molecule has 0 unspecified atom stereocenters. The van der Waals surface area contributed by atoms with E-state index in [0.29, 0.717) is 12.4 Å². The number of quaternary nitrogens is 1. The molecule has 2 heterocycles. The van der Waals surface area contributed by atoms with Crippen LogP contribution in [-0.2, 0) is 16.0 Å². The molecule has 3 rings (SSSR count). The van der Waals surface area contributed by atoms with Gasteiger partial charge in [0.15, 0.2) is 5.82 Å². The average molecular weight is 375 g/mol. The molecule has 1 saturated heterocycles. The van der Waals surface area contributed by atoms with Crippen molar-refractivity contribution in [2.75, 3.05) is 38.0 Å². The van der Waals surface area contributed by atoms with E-state index in [1.54, 1.807) is 17.0 Å². The van der Waals surface area contributed by atoms with Gasteiger partial charge in [-0.1, -0.05) is 17.3 Å². The number of nitrogens with zero attached hydrogens (tertiary/aromatic N) is 2. The molecule has 2 N–H and O–H groups in total. The molecule has 2 aromatic rings. The number of carbonyl (C=O) groups excluding carboxylic acids is 2. The summed E-state index contributed by atoms with van der Waals surface area (Å²) in [5.74, 6) is -0.507. The molecule has 0 saturated carbocycles. The van der Waals surface area contributed by atoms with Crippen molar-refractivity contribution in [3.63, 3.8) is 0 Å². The van der Waals surface area contributed by atoms with Crippen LogP contribution in [0.2, 0.25) is 0 Å². The van der Waals surface area contributed by atoms with Gasteiger partial charge in [-0.2, -0.15) is 0 Å². The van der Waals surface area contributed by atoms with Crippen LogP contribution in [-0.4, -0.2) is 54.6 Å². The first-order valence-electron chi connectivity index (χ1n) is 9.16. The van der Waals surface area contributed by atoms with Crippen molar-refractivity contribution < 1.29 is 23.4 Å². The van der Waals surface area contributed by atoms with Gasteiger partial charge in [0.05, 0.1) is 32.6 Å². The first kappa shape index (κ1) is 19.0. The van der Waals surface area contributed by atoms with Crippen molar-refractivity contribution >= 4 is 17.6 Å². The zero-order chi connectivity index (χ0) is 19.1. The third-order valence-corrected chi connectivity index (χ3v) is 4.71. The van der Waals surface area contributed by atoms with E-state index in [9.17, 15) is 14.0 Å². The van der Waals surface area contributed by atoms with Crippen LogP contribution >= 0.6 is 0 Å². The van der Waals surface area contributed by atoms with Gasteiger partial charge < -0.3 is 19.6 Å². The van der Waals surface area contributed by atoms with Crippen molar-refractivity contribution in [3.05, 3.63) is 48.0 Å². The summed E-state index contributed by atoms with van der Waals surface area (Å²) in [6.45, 7) is 3.46. The van der Waals surface area contributed by atoms with Crippen LogP contribution in [0.15, 0.2) is 41.1 Å². The molecule has 8 heteroatoms. The van der Waals surface area contributed by atoms with Gasteiger partial charge in [0.2, 0.25) is 11.8 Å². The second kappa shape index (κ2) is 9.27. The minimum Gasteiger partial charge on any atom is -0.363 e. The van der Waals surface area contributed by atoms with Gasteiger partial charge >= 0.3 is 0 Å². The second-order valence-electron chi connectivity index (χ2n) is 6.76. The fraction of sp³-hybridized carbons (Fsp3) is 0.421. The summed E-state index contributed by atoms with van der Waals surface area (Å²) in [7, 11) is 0. The maximum atomic E-state index is 13.1. The number of nitrogens with one attached hydrogen (secondary N) is 2. The summed E-state index contributed by atoms with van der Waals surface area (Å²) in [5.41, 5.74) is 0.719. The van der Waals surface area contributed by atoms with Gasteiger partial charge in [-0.05, 0) is 17.7 Å². The van der Waals surface area contributed by atoms with Crippen LogP contribution in [0.1, 0.15) is 18.4 Å². The zero-order valence-electron chi connectivity index (χ0n) is 15.1. The Labute approximate surface area is 157 Å². The normalized spacial score (nSPS) is 14.3. The maximum Gasteiger partial charge on any atom is 0.245 e. The number of hydrogen-bond acceptors (Lipinski definition) is 4. The highest BCUT2D eigenvalue weighted by atomic mass is 19.1. The lowest BCUT2D eigenvalue weighted by atomic mass is 10.1. The lowest BCUT2D eigenvalue weighted by Crippen LogP contribution is -3.10. The number of rotatable bonds is 8. The fourth-order valence-electron chi connectivity index (χ4n) is 3.23. The number of amides is 2. The topological polar surface area (TPSA) is 79.9 Å². The van der Waals surface area contributed by atoms with Crippen LogP contribution in [0.4, 0.5) is 10.2 Å². The number of aromatic nitrogens is 1. The molecule has 2 amide bonds. The molecule has 0 atom stereocenters. The Hall–Kier alpha value is -2.74. The van der Waals surface area contributed by atoms with E-state index in [1.807, 2.05) is 0 Å². The van der Waals surface area contributed by atoms with E-state index in [-0.39, 0.29) is 30.6 Å². The van der Waals surface area contributed by atoms with Crippen LogP contribution < -0.4 is 10.2 Å². The van der Waals surface area contributed by atoms with E-state index in [1.165, 1.54) is 42.2 Å². The molecule has 0 aliphatic carbocycles. The first-order valence-corrected chi connectivity index (χ1v) is 9.16. The van der Waals surface area contributed by atoms with E-state index in [4.69, 9.17) is 4.52 Å². The predicted octanol–water partition coefficient (Wildman–Crippen LogP) is 0.502. The van der Waals surface area contributed by atoms with E-state index < -0.39 is 0 Å². The number of anilines is 1. The third kappa shape index (κ3) is 5.89. The average Bonchev–Trinajstić information content (AvgIpc) is 3.34. The van der Waals surface area contributed by atoms with Crippen LogP contribution in [0.25, 0.3) is 0 Å². The van der Waals surface area contributed by atoms with Gasteiger partial charge in [0.1, 0.15) is 18.6 Å². The monoisotopic (exact) mass is 375 g/mol. The zero-order valence-corrected chi connectivity index (χ0v) is 15.1. The minimum atomic E-state index is -0.340. The molecule has 27 heavy (non-hydrogen) atoms. The van der Waals surface area contributed by atoms with Crippen molar-refractivity contribution in [1.29, 1.82) is 0 Å². The van der Waals surface area contributed by atoms with Crippen molar-refractivity contribution in [2.24, 2.45) is 0 Å². The highest BCUT2D eigenvalue weighted by Crippen LogP contribution is 2.07. The lowest BCUT2D eigenvalue weighted by molar-refractivity contribution is -0.886. The summed E-state index contributed by atoms with van der Waals surface area (Å²) >= 11 is 0.